The Labute approximate surface area is 120 Å². The van der Waals surface area contributed by atoms with Crippen LogP contribution in [0.3, 0.4) is 0 Å². The average Bonchev–Trinajstić information content (AvgIpc) is 3.22. The molecule has 0 radical (unpaired) electrons. The van der Waals surface area contributed by atoms with Gasteiger partial charge < -0.3 is 5.32 Å². The molecule has 0 aromatic carbocycles. The summed E-state index contributed by atoms with van der Waals surface area (Å²) in [6.45, 7) is 6.37. The van der Waals surface area contributed by atoms with E-state index in [1.54, 1.807) is 0 Å². The highest BCUT2D eigenvalue weighted by atomic mass is 35.5. The Kier molecular flexibility index (Phi) is 3.83. The number of halogens is 1. The Hall–Kier alpha value is -0.580. The second kappa shape index (κ2) is 5.43. The summed E-state index contributed by atoms with van der Waals surface area (Å²) in [5, 5.41) is 9.02. The quantitative estimate of drug-likeness (QED) is 0.915. The summed E-state index contributed by atoms with van der Waals surface area (Å²) in [7, 11) is 2.00. The van der Waals surface area contributed by atoms with E-state index < -0.39 is 0 Å². The molecule has 1 unspecified atom stereocenters. The van der Waals surface area contributed by atoms with E-state index in [1.807, 2.05) is 11.7 Å². The molecular weight excluding hydrogens is 260 g/mol. The molecule has 0 spiro atoms. The largest absolute Gasteiger partial charge is 0.311 e. The lowest BCUT2D eigenvalue weighted by Crippen LogP contribution is -2.51. The van der Waals surface area contributed by atoms with Gasteiger partial charge in [0.25, 0.3) is 0 Å². The molecule has 1 aromatic rings. The lowest BCUT2D eigenvalue weighted by Gasteiger charge is -2.33. The lowest BCUT2D eigenvalue weighted by atomic mass is 10.1. The summed E-state index contributed by atoms with van der Waals surface area (Å²) >= 11 is 6.43. The number of hydrogen-bond donors (Lipinski definition) is 1. The molecule has 1 saturated heterocycles. The van der Waals surface area contributed by atoms with Crippen LogP contribution in [0, 0.1) is 5.92 Å². The molecule has 2 fully saturated rings. The SMILES string of the molecule is CCc1nn(C)c(CN2CCNC(C3CC3)C2)c1Cl. The number of nitrogens with one attached hydrogen (secondary N) is 1. The standard InChI is InChI=1S/C14H23ClN4/c1-3-11-14(15)13(18(2)17-11)9-19-7-6-16-12(8-19)10-4-5-10/h10,12,16H,3-9H2,1-2H3. The van der Waals surface area contributed by atoms with Gasteiger partial charge in [0, 0.05) is 39.3 Å². The Balaban J connectivity index is 1.68. The van der Waals surface area contributed by atoms with Crippen molar-refractivity contribution in [3.63, 3.8) is 0 Å². The highest BCUT2D eigenvalue weighted by Gasteiger charge is 2.34. The van der Waals surface area contributed by atoms with E-state index in [4.69, 9.17) is 11.6 Å². The van der Waals surface area contributed by atoms with Crippen molar-refractivity contribution in [2.75, 3.05) is 19.6 Å². The summed E-state index contributed by atoms with van der Waals surface area (Å²) < 4.78 is 1.95. The molecule has 3 rings (SSSR count). The molecule has 1 aromatic heterocycles. The summed E-state index contributed by atoms with van der Waals surface area (Å²) in [4.78, 5) is 2.52. The van der Waals surface area contributed by atoms with E-state index in [1.165, 1.54) is 12.8 Å². The molecule has 1 saturated carbocycles. The van der Waals surface area contributed by atoms with Crippen molar-refractivity contribution in [1.29, 1.82) is 0 Å². The van der Waals surface area contributed by atoms with Gasteiger partial charge in [-0.1, -0.05) is 18.5 Å². The molecule has 1 atom stereocenters. The van der Waals surface area contributed by atoms with Crippen LogP contribution in [0.15, 0.2) is 0 Å². The van der Waals surface area contributed by atoms with Gasteiger partial charge in [-0.3, -0.25) is 9.58 Å². The van der Waals surface area contributed by atoms with Crippen LogP contribution in [0.1, 0.15) is 31.2 Å². The minimum absolute atomic E-state index is 0.686. The smallest absolute Gasteiger partial charge is 0.0863 e. The van der Waals surface area contributed by atoms with Crippen LogP contribution in [0.5, 0.6) is 0 Å². The average molecular weight is 283 g/mol. The molecule has 106 valence electrons. The van der Waals surface area contributed by atoms with Crippen LogP contribution >= 0.6 is 11.6 Å². The van der Waals surface area contributed by atoms with Gasteiger partial charge in [-0.15, -0.1) is 0 Å². The second-order valence-corrected chi connectivity index (χ2v) is 6.20. The molecule has 0 amide bonds. The van der Waals surface area contributed by atoms with E-state index in [0.717, 1.165) is 54.9 Å². The van der Waals surface area contributed by atoms with Crippen molar-refractivity contribution < 1.29 is 0 Å². The first-order chi connectivity index (χ1) is 9.19. The highest BCUT2D eigenvalue weighted by Crippen LogP contribution is 2.34. The van der Waals surface area contributed by atoms with E-state index in [-0.39, 0.29) is 0 Å². The topological polar surface area (TPSA) is 33.1 Å². The summed E-state index contributed by atoms with van der Waals surface area (Å²) in [5.74, 6) is 0.913. The van der Waals surface area contributed by atoms with Gasteiger partial charge in [0.15, 0.2) is 0 Å². The number of rotatable bonds is 4. The van der Waals surface area contributed by atoms with E-state index in [9.17, 15) is 0 Å². The Morgan fingerprint density at radius 1 is 1.42 bits per heavy atom. The van der Waals surface area contributed by atoms with Crippen molar-refractivity contribution in [3.05, 3.63) is 16.4 Å². The minimum Gasteiger partial charge on any atom is -0.311 e. The fraction of sp³-hybridized carbons (Fsp3) is 0.786. The molecular formula is C14H23ClN4. The third-order valence-electron chi connectivity index (χ3n) is 4.36. The van der Waals surface area contributed by atoms with Gasteiger partial charge in [-0.05, 0) is 25.2 Å². The maximum absolute atomic E-state index is 6.43. The van der Waals surface area contributed by atoms with Crippen molar-refractivity contribution in [3.8, 4) is 0 Å². The zero-order chi connectivity index (χ0) is 13.4. The predicted molar refractivity (Wildman–Crippen MR) is 77.4 cm³/mol. The van der Waals surface area contributed by atoms with Crippen molar-refractivity contribution >= 4 is 11.6 Å². The van der Waals surface area contributed by atoms with Crippen molar-refractivity contribution in [2.45, 2.75) is 38.8 Å². The van der Waals surface area contributed by atoms with Gasteiger partial charge in [-0.25, -0.2) is 0 Å². The number of aromatic nitrogens is 2. The summed E-state index contributed by atoms with van der Waals surface area (Å²) in [5.41, 5.74) is 2.18. The van der Waals surface area contributed by atoms with Crippen LogP contribution in [0.25, 0.3) is 0 Å². The summed E-state index contributed by atoms with van der Waals surface area (Å²) in [6.07, 6.45) is 3.70. The zero-order valence-electron chi connectivity index (χ0n) is 11.8. The number of nitrogens with zero attached hydrogens (tertiary/aromatic N) is 3. The fourth-order valence-corrected chi connectivity index (χ4v) is 3.36. The number of piperazine rings is 1. The molecule has 1 aliphatic heterocycles. The van der Waals surface area contributed by atoms with Gasteiger partial charge >= 0.3 is 0 Å². The third-order valence-corrected chi connectivity index (χ3v) is 4.79. The van der Waals surface area contributed by atoms with E-state index in [0.29, 0.717) is 6.04 Å². The first-order valence-corrected chi connectivity index (χ1v) is 7.72. The maximum Gasteiger partial charge on any atom is 0.0863 e. The second-order valence-electron chi connectivity index (χ2n) is 5.82. The molecule has 2 aliphatic rings. The lowest BCUT2D eigenvalue weighted by molar-refractivity contribution is 0.178. The molecule has 19 heavy (non-hydrogen) atoms. The minimum atomic E-state index is 0.686. The van der Waals surface area contributed by atoms with Crippen LogP contribution in [-0.2, 0) is 20.0 Å². The van der Waals surface area contributed by atoms with Crippen LogP contribution in [-0.4, -0.2) is 40.4 Å². The third kappa shape index (κ3) is 2.81. The van der Waals surface area contributed by atoms with Crippen LogP contribution in [0.4, 0.5) is 0 Å². The van der Waals surface area contributed by atoms with Crippen molar-refractivity contribution in [1.82, 2.24) is 20.0 Å². The first-order valence-electron chi connectivity index (χ1n) is 7.35. The van der Waals surface area contributed by atoms with Crippen LogP contribution in [0.2, 0.25) is 5.02 Å². The number of aryl methyl sites for hydroxylation is 2. The fourth-order valence-electron chi connectivity index (χ4n) is 3.00. The molecule has 2 heterocycles. The molecule has 5 heteroatoms. The Bertz CT molecular complexity index is 453. The predicted octanol–water partition coefficient (Wildman–Crippen LogP) is 1.82. The summed E-state index contributed by atoms with van der Waals surface area (Å²) in [6, 6.07) is 0.686. The molecule has 0 bridgehead atoms. The van der Waals surface area contributed by atoms with Crippen LogP contribution < -0.4 is 5.32 Å². The monoisotopic (exact) mass is 282 g/mol. The molecule has 1 N–H and O–H groups in total. The maximum atomic E-state index is 6.43. The van der Waals surface area contributed by atoms with Gasteiger partial charge in [-0.2, -0.15) is 5.10 Å². The Morgan fingerprint density at radius 3 is 2.84 bits per heavy atom. The molecule has 1 aliphatic carbocycles. The van der Waals surface area contributed by atoms with Crippen molar-refractivity contribution in [2.24, 2.45) is 13.0 Å². The van der Waals surface area contributed by atoms with E-state index in [2.05, 4.69) is 22.2 Å². The first kappa shape index (κ1) is 13.4. The Morgan fingerprint density at radius 2 is 2.21 bits per heavy atom. The normalized spacial score (nSPS) is 24.9. The van der Waals surface area contributed by atoms with Gasteiger partial charge in [0.1, 0.15) is 0 Å². The molecule has 4 nitrogen and oxygen atoms in total. The zero-order valence-corrected chi connectivity index (χ0v) is 12.6. The van der Waals surface area contributed by atoms with Gasteiger partial charge in [0.05, 0.1) is 16.4 Å². The van der Waals surface area contributed by atoms with E-state index >= 15 is 0 Å². The van der Waals surface area contributed by atoms with Gasteiger partial charge in [0.2, 0.25) is 0 Å². The highest BCUT2D eigenvalue weighted by molar-refractivity contribution is 6.31. The number of hydrogen-bond acceptors (Lipinski definition) is 3.